The molecule has 0 fully saturated rings. The van der Waals surface area contributed by atoms with Crippen molar-refractivity contribution in [1.82, 2.24) is 5.32 Å². The van der Waals surface area contributed by atoms with Crippen molar-refractivity contribution in [2.75, 3.05) is 13.1 Å². The lowest BCUT2D eigenvalue weighted by atomic mass is 10.1. The highest BCUT2D eigenvalue weighted by Gasteiger charge is 2.22. The molecule has 2 atom stereocenters. The van der Waals surface area contributed by atoms with Gasteiger partial charge in [0.25, 0.3) is 5.91 Å². The molecular weight excluding hydrogens is 392 g/mol. The minimum Gasteiger partial charge on any atom is -0.476 e. The normalized spacial score (nSPS) is 12.6. The van der Waals surface area contributed by atoms with Crippen molar-refractivity contribution in [3.05, 3.63) is 64.6 Å². The van der Waals surface area contributed by atoms with E-state index >= 15 is 0 Å². The summed E-state index contributed by atoms with van der Waals surface area (Å²) < 4.78 is 6.88. The minimum atomic E-state index is -0.692. The molecule has 24 heavy (non-hydrogen) atoms. The maximum Gasteiger partial charge on any atom is 0.265 e. The zero-order valence-electron chi connectivity index (χ0n) is 13.4. The van der Waals surface area contributed by atoms with Gasteiger partial charge in [0.15, 0.2) is 0 Å². The first-order chi connectivity index (χ1) is 11.1. The van der Waals surface area contributed by atoms with Gasteiger partial charge in [-0.15, -0.1) is 12.4 Å². The molecular formula is C18H22BrClN2O2. The van der Waals surface area contributed by atoms with E-state index in [1.807, 2.05) is 61.5 Å². The van der Waals surface area contributed by atoms with Crippen LogP contribution in [0.1, 0.15) is 18.6 Å². The van der Waals surface area contributed by atoms with Gasteiger partial charge in [0.05, 0.1) is 0 Å². The third-order valence-electron chi connectivity index (χ3n) is 3.44. The Bertz CT molecular complexity index is 623. The van der Waals surface area contributed by atoms with Crippen molar-refractivity contribution in [3.63, 3.8) is 0 Å². The Morgan fingerprint density at radius 1 is 1.17 bits per heavy atom. The lowest BCUT2D eigenvalue weighted by molar-refractivity contribution is -0.128. The number of hydrogen-bond acceptors (Lipinski definition) is 3. The van der Waals surface area contributed by atoms with Crippen molar-refractivity contribution in [2.24, 2.45) is 11.7 Å². The molecule has 4 nitrogen and oxygen atoms in total. The Morgan fingerprint density at radius 3 is 2.38 bits per heavy atom. The second kappa shape index (κ2) is 10.3. The second-order valence-electron chi connectivity index (χ2n) is 5.45. The smallest absolute Gasteiger partial charge is 0.265 e. The molecule has 0 spiro atoms. The Morgan fingerprint density at radius 2 is 1.79 bits per heavy atom. The lowest BCUT2D eigenvalue weighted by Crippen LogP contribution is -2.36. The zero-order chi connectivity index (χ0) is 16.7. The van der Waals surface area contributed by atoms with Crippen molar-refractivity contribution in [2.45, 2.75) is 13.0 Å². The number of benzene rings is 2. The molecule has 0 heterocycles. The highest BCUT2D eigenvalue weighted by atomic mass is 79.9. The average molecular weight is 414 g/mol. The Hall–Kier alpha value is -1.56. The number of hydrogen-bond donors (Lipinski definition) is 2. The van der Waals surface area contributed by atoms with E-state index in [1.165, 1.54) is 0 Å². The fourth-order valence-electron chi connectivity index (χ4n) is 2.00. The van der Waals surface area contributed by atoms with Gasteiger partial charge in [-0.3, -0.25) is 4.79 Å². The Kier molecular flexibility index (Phi) is 8.82. The van der Waals surface area contributed by atoms with Crippen LogP contribution < -0.4 is 15.8 Å². The van der Waals surface area contributed by atoms with Crippen LogP contribution in [0.3, 0.4) is 0 Å². The fraction of sp³-hybridized carbons (Fsp3) is 0.278. The Labute approximate surface area is 157 Å². The van der Waals surface area contributed by atoms with Gasteiger partial charge in [-0.25, -0.2) is 0 Å². The van der Waals surface area contributed by atoms with Gasteiger partial charge in [-0.1, -0.05) is 53.2 Å². The molecule has 3 N–H and O–H groups in total. The molecule has 2 aromatic rings. The second-order valence-corrected chi connectivity index (χ2v) is 6.36. The predicted molar refractivity (Wildman–Crippen MR) is 102 cm³/mol. The summed E-state index contributed by atoms with van der Waals surface area (Å²) in [5.41, 5.74) is 6.41. The summed E-state index contributed by atoms with van der Waals surface area (Å²) in [4.78, 5) is 12.5. The van der Waals surface area contributed by atoms with Crippen LogP contribution in [-0.4, -0.2) is 19.0 Å². The molecule has 0 aliphatic rings. The minimum absolute atomic E-state index is 0. The van der Waals surface area contributed by atoms with E-state index in [0.717, 1.165) is 10.0 Å². The monoisotopic (exact) mass is 412 g/mol. The summed E-state index contributed by atoms with van der Waals surface area (Å²) in [5, 5.41) is 2.91. The molecule has 2 aromatic carbocycles. The third-order valence-corrected chi connectivity index (χ3v) is 3.96. The third kappa shape index (κ3) is 6.15. The topological polar surface area (TPSA) is 64.3 Å². The molecule has 0 saturated carbocycles. The van der Waals surface area contributed by atoms with Crippen molar-refractivity contribution in [3.8, 4) is 5.75 Å². The number of amides is 1. The lowest BCUT2D eigenvalue weighted by Gasteiger charge is -2.20. The molecule has 0 radical (unpaired) electrons. The average Bonchev–Trinajstić information content (AvgIpc) is 2.59. The van der Waals surface area contributed by atoms with Crippen molar-refractivity contribution < 1.29 is 9.53 Å². The van der Waals surface area contributed by atoms with Crippen LogP contribution in [-0.2, 0) is 4.79 Å². The first kappa shape index (κ1) is 20.5. The molecule has 2 unspecified atom stereocenters. The maximum absolute atomic E-state index is 12.5. The van der Waals surface area contributed by atoms with Crippen molar-refractivity contribution in [1.29, 1.82) is 0 Å². The van der Waals surface area contributed by atoms with E-state index in [1.54, 1.807) is 0 Å². The number of carbonyl (C=O) groups is 1. The van der Waals surface area contributed by atoms with Gasteiger partial charge in [-0.2, -0.15) is 0 Å². The van der Waals surface area contributed by atoms with Crippen LogP contribution in [0.2, 0.25) is 0 Å². The number of halogens is 2. The van der Waals surface area contributed by atoms with Gasteiger partial charge in [-0.05, 0) is 36.7 Å². The van der Waals surface area contributed by atoms with E-state index in [-0.39, 0.29) is 24.2 Å². The molecule has 1 amide bonds. The number of carbonyl (C=O) groups excluding carboxylic acids is 1. The van der Waals surface area contributed by atoms with Gasteiger partial charge >= 0.3 is 0 Å². The van der Waals surface area contributed by atoms with Gasteiger partial charge in [0, 0.05) is 16.6 Å². The molecule has 0 bridgehead atoms. The maximum atomic E-state index is 12.5. The summed E-state index contributed by atoms with van der Waals surface area (Å²) in [6.07, 6.45) is -0.692. The van der Waals surface area contributed by atoms with Crippen LogP contribution in [0.5, 0.6) is 5.75 Å². The fourth-order valence-corrected chi connectivity index (χ4v) is 2.27. The summed E-state index contributed by atoms with van der Waals surface area (Å²) in [6.45, 7) is 3.06. The molecule has 130 valence electrons. The highest BCUT2D eigenvalue weighted by molar-refractivity contribution is 9.10. The van der Waals surface area contributed by atoms with E-state index in [0.29, 0.717) is 18.8 Å². The Balaban J connectivity index is 0.00000288. The quantitative estimate of drug-likeness (QED) is 0.727. The number of nitrogens with two attached hydrogens (primary N) is 1. The van der Waals surface area contributed by atoms with Crippen LogP contribution in [0, 0.1) is 5.92 Å². The van der Waals surface area contributed by atoms with Gasteiger partial charge < -0.3 is 15.8 Å². The number of ether oxygens (including phenoxy) is 1. The van der Waals surface area contributed by atoms with E-state index in [4.69, 9.17) is 10.5 Å². The first-order valence-corrected chi connectivity index (χ1v) is 8.34. The molecule has 0 saturated heterocycles. The van der Waals surface area contributed by atoms with Crippen molar-refractivity contribution >= 4 is 34.2 Å². The number of rotatable bonds is 7. The summed E-state index contributed by atoms with van der Waals surface area (Å²) >= 11 is 3.39. The predicted octanol–water partition coefficient (Wildman–Crippen LogP) is 3.70. The summed E-state index contributed by atoms with van der Waals surface area (Å²) in [5.74, 6) is 0.701. The van der Waals surface area contributed by atoms with Gasteiger partial charge in [0.2, 0.25) is 6.10 Å². The zero-order valence-corrected chi connectivity index (χ0v) is 15.8. The first-order valence-electron chi connectivity index (χ1n) is 7.55. The van der Waals surface area contributed by atoms with E-state index in [9.17, 15) is 4.79 Å². The molecule has 0 aromatic heterocycles. The van der Waals surface area contributed by atoms with Gasteiger partial charge in [0.1, 0.15) is 5.75 Å². The summed E-state index contributed by atoms with van der Waals surface area (Å²) in [6, 6.07) is 16.9. The SMILES string of the molecule is CC(CN)CNC(=O)C(Oc1ccc(Br)cc1)c1ccccc1.Cl. The standard InChI is InChI=1S/C18H21BrN2O2.ClH/c1-13(11-20)12-21-18(22)17(14-5-3-2-4-6-14)23-16-9-7-15(19)8-10-16;/h2-10,13,17H,11-12,20H2,1H3,(H,21,22);1H. The van der Waals surface area contributed by atoms with Crippen LogP contribution in [0.4, 0.5) is 0 Å². The van der Waals surface area contributed by atoms with Crippen LogP contribution in [0.25, 0.3) is 0 Å². The largest absolute Gasteiger partial charge is 0.476 e. The molecule has 6 heteroatoms. The molecule has 0 aliphatic carbocycles. The van der Waals surface area contributed by atoms with E-state index in [2.05, 4.69) is 21.2 Å². The number of nitrogens with one attached hydrogen (secondary N) is 1. The highest BCUT2D eigenvalue weighted by Crippen LogP contribution is 2.24. The molecule has 0 aliphatic heterocycles. The van der Waals surface area contributed by atoms with Crippen LogP contribution in [0.15, 0.2) is 59.1 Å². The van der Waals surface area contributed by atoms with Crippen LogP contribution >= 0.6 is 28.3 Å². The summed E-state index contributed by atoms with van der Waals surface area (Å²) in [7, 11) is 0. The molecule has 2 rings (SSSR count). The van der Waals surface area contributed by atoms with E-state index < -0.39 is 6.10 Å².